The third kappa shape index (κ3) is 7.30. The zero-order valence-electron chi connectivity index (χ0n) is 39.3. The monoisotopic (exact) mass is 947 g/mol. The lowest BCUT2D eigenvalue weighted by Crippen LogP contribution is -2.66. The van der Waals surface area contributed by atoms with Gasteiger partial charge in [0.05, 0.1) is 55.4 Å². The van der Waals surface area contributed by atoms with Crippen molar-refractivity contribution in [3.05, 3.63) is 0 Å². The molecular weight excluding hydrogens is 868 g/mol. The Morgan fingerprint density at radius 2 is 1.21 bits per heavy atom. The van der Waals surface area contributed by atoms with Crippen molar-refractivity contribution in [3.63, 3.8) is 0 Å². The molecule has 5 aliphatic carbocycles. The summed E-state index contributed by atoms with van der Waals surface area (Å²) in [5.41, 5.74) is -3.78. The van der Waals surface area contributed by atoms with Crippen molar-refractivity contribution in [2.75, 3.05) is 19.8 Å². The summed E-state index contributed by atoms with van der Waals surface area (Å²) >= 11 is 0. The van der Waals surface area contributed by atoms with Crippen LogP contribution in [0.25, 0.3) is 0 Å². The number of fused-ring (bicyclic) bond motifs is 2. The first-order valence-electron chi connectivity index (χ1n) is 24.4. The molecule has 66 heavy (non-hydrogen) atoms. The summed E-state index contributed by atoms with van der Waals surface area (Å²) < 4.78 is 44.3. The highest BCUT2D eigenvalue weighted by atomic mass is 16.8. The van der Waals surface area contributed by atoms with Gasteiger partial charge in [-0.25, -0.2) is 0 Å². The van der Waals surface area contributed by atoms with Gasteiger partial charge in [0.15, 0.2) is 18.9 Å². The Morgan fingerprint density at radius 1 is 0.606 bits per heavy atom. The van der Waals surface area contributed by atoms with Crippen LogP contribution in [0.15, 0.2) is 0 Å². The van der Waals surface area contributed by atoms with Crippen molar-refractivity contribution in [2.24, 2.45) is 44.8 Å². The molecular formula is C47H78O19. The van der Waals surface area contributed by atoms with E-state index in [0.29, 0.717) is 38.5 Å². The lowest BCUT2D eigenvalue weighted by Gasteiger charge is -2.65. The molecule has 0 unspecified atom stereocenters. The second-order valence-corrected chi connectivity index (χ2v) is 23.9. The molecule has 0 aromatic rings. The number of ether oxygens (including phenoxy) is 7. The SMILES string of the molecule is CC(C)(O)[C@H]1CC[C@](C)([C@H]2[C@@H](O)C[C@@]3(C)[C@H]4C[C@H](O[C@H]5O[C@H](CO)[C@@H](O)[C@H](O)[C@H]5O)[C@@H]5C(C)(C)[C@@H](O[C@@H]6OC[C@@H](O)[C@H](O)[C@H]6O[C@H]6O[C@H](CO)[C@@H](O)[C@H](O)[C@H]6O)CC[C@@]56C[C@@]46CC[C@]23C)O1. The molecule has 9 rings (SSSR count). The maximum atomic E-state index is 12.3. The van der Waals surface area contributed by atoms with Gasteiger partial charge in [-0.1, -0.05) is 27.7 Å². The van der Waals surface area contributed by atoms with Crippen LogP contribution in [0.5, 0.6) is 0 Å². The third-order valence-corrected chi connectivity index (χ3v) is 19.7. The molecule has 0 aromatic carbocycles. The van der Waals surface area contributed by atoms with E-state index in [1.807, 2.05) is 0 Å². The first-order valence-corrected chi connectivity index (χ1v) is 24.4. The van der Waals surface area contributed by atoms with Crippen molar-refractivity contribution in [3.8, 4) is 0 Å². The van der Waals surface area contributed by atoms with Crippen LogP contribution in [0.3, 0.4) is 0 Å². The topological polar surface area (TPSA) is 307 Å². The molecule has 0 amide bonds. The average Bonchev–Trinajstić information content (AvgIpc) is 3.62. The Kier molecular flexibility index (Phi) is 12.9. The van der Waals surface area contributed by atoms with E-state index < -0.39 is 140 Å². The smallest absolute Gasteiger partial charge is 0.187 e. The third-order valence-electron chi connectivity index (χ3n) is 19.7. The second-order valence-electron chi connectivity index (χ2n) is 23.9. The maximum Gasteiger partial charge on any atom is 0.187 e. The molecule has 4 saturated heterocycles. The normalized spacial score (nSPS) is 58.0. The molecule has 9 aliphatic rings. The molecule has 12 N–H and O–H groups in total. The molecule has 2 spiro atoms. The van der Waals surface area contributed by atoms with Crippen LogP contribution in [0, 0.1) is 44.8 Å². The van der Waals surface area contributed by atoms with Crippen molar-refractivity contribution < 1.29 is 94.4 Å². The number of hydrogen-bond donors (Lipinski definition) is 12. The Balaban J connectivity index is 1.04. The lowest BCUT2D eigenvalue weighted by molar-refractivity contribution is -0.369. The van der Waals surface area contributed by atoms with Gasteiger partial charge < -0.3 is 94.4 Å². The quantitative estimate of drug-likeness (QED) is 0.112. The summed E-state index contributed by atoms with van der Waals surface area (Å²) in [5.74, 6) is -0.484. The lowest BCUT2D eigenvalue weighted by atomic mass is 9.41. The predicted octanol–water partition coefficient (Wildman–Crippen LogP) is -1.45. The van der Waals surface area contributed by atoms with E-state index in [4.69, 9.17) is 33.2 Å². The second kappa shape index (κ2) is 16.9. The van der Waals surface area contributed by atoms with Gasteiger partial charge in [0, 0.05) is 5.92 Å². The van der Waals surface area contributed by atoms with Crippen LogP contribution in [-0.4, -0.2) is 203 Å². The molecule has 0 aromatic heterocycles. The molecule has 19 heteroatoms. The van der Waals surface area contributed by atoms with Gasteiger partial charge in [-0.3, -0.25) is 0 Å². The fraction of sp³-hybridized carbons (Fsp3) is 1.00. The van der Waals surface area contributed by atoms with E-state index in [0.717, 1.165) is 19.3 Å². The van der Waals surface area contributed by atoms with Gasteiger partial charge in [0.1, 0.15) is 67.1 Å². The van der Waals surface area contributed by atoms with Gasteiger partial charge in [0.2, 0.25) is 0 Å². The molecule has 4 aliphatic heterocycles. The minimum Gasteiger partial charge on any atom is -0.394 e. The number of aliphatic hydroxyl groups excluding tert-OH is 11. The molecule has 380 valence electrons. The Morgan fingerprint density at radius 3 is 1.79 bits per heavy atom. The summed E-state index contributed by atoms with van der Waals surface area (Å²) in [6, 6.07) is 0. The van der Waals surface area contributed by atoms with E-state index >= 15 is 0 Å². The van der Waals surface area contributed by atoms with Crippen molar-refractivity contribution >= 4 is 0 Å². The molecule has 26 atom stereocenters. The summed E-state index contributed by atoms with van der Waals surface area (Å²) in [5, 5.41) is 130. The zero-order valence-corrected chi connectivity index (χ0v) is 39.3. The van der Waals surface area contributed by atoms with Crippen LogP contribution < -0.4 is 0 Å². The van der Waals surface area contributed by atoms with Gasteiger partial charge in [-0.05, 0) is 117 Å². The zero-order chi connectivity index (χ0) is 48.1. The number of hydrogen-bond acceptors (Lipinski definition) is 19. The van der Waals surface area contributed by atoms with E-state index in [2.05, 4.69) is 34.6 Å². The van der Waals surface area contributed by atoms with Gasteiger partial charge >= 0.3 is 0 Å². The number of rotatable bonds is 10. The minimum atomic E-state index is -1.80. The molecule has 4 heterocycles. The van der Waals surface area contributed by atoms with Crippen molar-refractivity contribution in [1.82, 2.24) is 0 Å². The van der Waals surface area contributed by atoms with Crippen LogP contribution in [0.2, 0.25) is 0 Å². The standard InChI is InChI=1S/C47H78O19/c1-41(2)26(64-40-35(28(52)21(51)18-60-40)65-39-34(58)32(56)30(54)24(17-49)63-39)9-11-47-19-46(47)13-12-43(5)36(45(7)10-8-27(66-45)42(3,4)59)20(50)15-44(43,6)25(46)14-22(37(41)47)61-38-33(57)31(55)29(53)23(16-48)62-38/h20-40,48-59H,8-19H2,1-7H3/t20-,21+,22-,23+,24+,25+,26-,27+,28-,29+,30+,31-,32-,33+,34+,35+,36-,37+,38-,39+,40-,43+,44-,45+,46-,47+/m0/s1. The van der Waals surface area contributed by atoms with Crippen LogP contribution in [0.1, 0.15) is 106 Å². The maximum absolute atomic E-state index is 12.3. The largest absolute Gasteiger partial charge is 0.394 e. The van der Waals surface area contributed by atoms with E-state index in [1.54, 1.807) is 13.8 Å². The Labute approximate surface area is 386 Å². The van der Waals surface area contributed by atoms with E-state index in [1.165, 1.54) is 0 Å². The predicted molar refractivity (Wildman–Crippen MR) is 226 cm³/mol. The van der Waals surface area contributed by atoms with E-state index in [9.17, 15) is 61.3 Å². The highest BCUT2D eigenvalue weighted by Gasteiger charge is 2.85. The minimum absolute atomic E-state index is 0.0208. The highest BCUT2D eigenvalue weighted by molar-refractivity contribution is 5.33. The Bertz CT molecular complexity index is 1760. The van der Waals surface area contributed by atoms with Crippen molar-refractivity contribution in [2.45, 2.75) is 228 Å². The van der Waals surface area contributed by atoms with Gasteiger partial charge in [-0.15, -0.1) is 0 Å². The highest BCUT2D eigenvalue weighted by Crippen LogP contribution is 2.89. The molecule has 9 fully saturated rings. The van der Waals surface area contributed by atoms with Crippen LogP contribution >= 0.6 is 0 Å². The van der Waals surface area contributed by atoms with Crippen LogP contribution in [-0.2, 0) is 33.2 Å². The average molecular weight is 947 g/mol. The molecule has 19 nitrogen and oxygen atoms in total. The van der Waals surface area contributed by atoms with Crippen LogP contribution in [0.4, 0.5) is 0 Å². The first kappa shape index (κ1) is 50.2. The van der Waals surface area contributed by atoms with Crippen molar-refractivity contribution in [1.29, 1.82) is 0 Å². The van der Waals surface area contributed by atoms with Gasteiger partial charge in [-0.2, -0.15) is 0 Å². The fourth-order valence-electron chi connectivity index (χ4n) is 16.3. The summed E-state index contributed by atoms with van der Waals surface area (Å²) in [6.45, 7) is 12.7. The molecule has 5 saturated carbocycles. The summed E-state index contributed by atoms with van der Waals surface area (Å²) in [6.07, 6.45) is -17.6. The molecule has 0 radical (unpaired) electrons. The first-order chi connectivity index (χ1) is 30.7. The number of aliphatic hydroxyl groups is 12. The summed E-state index contributed by atoms with van der Waals surface area (Å²) in [7, 11) is 0. The van der Waals surface area contributed by atoms with Gasteiger partial charge in [0.25, 0.3) is 0 Å². The van der Waals surface area contributed by atoms with E-state index in [-0.39, 0.29) is 46.7 Å². The molecule has 0 bridgehead atoms. The Hall–Kier alpha value is -0.760. The fourth-order valence-corrected chi connectivity index (χ4v) is 16.3. The summed E-state index contributed by atoms with van der Waals surface area (Å²) in [4.78, 5) is 0.